The van der Waals surface area contributed by atoms with Crippen LogP contribution < -0.4 is 10.2 Å². The van der Waals surface area contributed by atoms with Crippen LogP contribution in [0, 0.1) is 6.92 Å². The third-order valence-corrected chi connectivity index (χ3v) is 5.61. The first-order valence-corrected chi connectivity index (χ1v) is 10.1. The molecule has 0 bridgehead atoms. The number of anilines is 2. The summed E-state index contributed by atoms with van der Waals surface area (Å²) in [5.74, 6) is 1.40. The minimum absolute atomic E-state index is 0.0595. The van der Waals surface area contributed by atoms with Gasteiger partial charge in [-0.1, -0.05) is 24.3 Å². The lowest BCUT2D eigenvalue weighted by Crippen LogP contribution is -2.29. The first-order chi connectivity index (χ1) is 12.2. The summed E-state index contributed by atoms with van der Waals surface area (Å²) in [5, 5.41) is 2.99. The van der Waals surface area contributed by atoms with Crippen molar-refractivity contribution in [2.75, 3.05) is 29.1 Å². The van der Waals surface area contributed by atoms with Crippen molar-refractivity contribution in [2.45, 2.75) is 31.9 Å². The highest BCUT2D eigenvalue weighted by atomic mass is 32.2. The van der Waals surface area contributed by atoms with E-state index >= 15 is 0 Å². The number of hydrogen-bond acceptors (Lipinski definition) is 3. The molecule has 2 aromatic carbocycles. The molecular weight excluding hydrogens is 328 g/mol. The summed E-state index contributed by atoms with van der Waals surface area (Å²) in [5.41, 5.74) is 4.71. The molecule has 0 aliphatic carbocycles. The number of hydrogen-bond donors (Lipinski definition) is 1. The maximum atomic E-state index is 12.1. The van der Waals surface area contributed by atoms with Crippen LogP contribution in [0.5, 0.6) is 0 Å². The molecule has 0 saturated carbocycles. The molecule has 25 heavy (non-hydrogen) atoms. The Kier molecular flexibility index (Phi) is 6.40. The predicted octanol–water partition coefficient (Wildman–Crippen LogP) is 4.86. The molecule has 0 radical (unpaired) electrons. The molecule has 3 nitrogen and oxygen atoms in total. The van der Waals surface area contributed by atoms with Gasteiger partial charge in [0.1, 0.15) is 0 Å². The molecule has 3 rings (SSSR count). The first kappa shape index (κ1) is 17.9. The van der Waals surface area contributed by atoms with E-state index in [1.807, 2.05) is 24.3 Å². The minimum Gasteiger partial charge on any atom is -0.372 e. The Hall–Kier alpha value is -1.94. The normalized spacial score (nSPS) is 14.4. The van der Waals surface area contributed by atoms with Gasteiger partial charge in [-0.05, 0) is 61.6 Å². The van der Waals surface area contributed by atoms with Gasteiger partial charge in [0.2, 0.25) is 5.91 Å². The largest absolute Gasteiger partial charge is 0.372 e. The highest BCUT2D eigenvalue weighted by molar-refractivity contribution is 7.99. The van der Waals surface area contributed by atoms with Crippen LogP contribution in [0.15, 0.2) is 48.5 Å². The molecule has 132 valence electrons. The van der Waals surface area contributed by atoms with Gasteiger partial charge in [0.05, 0.1) is 5.75 Å². The van der Waals surface area contributed by atoms with Gasteiger partial charge in [0.25, 0.3) is 0 Å². The standard InChI is InChI=1S/C21H26N2OS/c1-17-7-3-4-8-18(17)15-25-16-21(24)22-19-9-11-20(12-10-19)23-13-5-2-6-14-23/h3-4,7-12H,2,5-6,13-16H2,1H3,(H,22,24). The van der Waals surface area contributed by atoms with Crippen LogP contribution >= 0.6 is 11.8 Å². The van der Waals surface area contributed by atoms with Crippen molar-refractivity contribution in [2.24, 2.45) is 0 Å². The molecule has 0 spiro atoms. The van der Waals surface area contributed by atoms with Gasteiger partial charge in [-0.2, -0.15) is 0 Å². The lowest BCUT2D eigenvalue weighted by atomic mass is 10.1. The van der Waals surface area contributed by atoms with Crippen molar-refractivity contribution in [1.29, 1.82) is 0 Å². The Bertz CT molecular complexity index is 693. The Balaban J connectivity index is 1.45. The molecule has 1 aliphatic heterocycles. The zero-order valence-corrected chi connectivity index (χ0v) is 15.6. The van der Waals surface area contributed by atoms with E-state index in [2.05, 4.69) is 41.4 Å². The van der Waals surface area contributed by atoms with Gasteiger partial charge in [-0.25, -0.2) is 0 Å². The fourth-order valence-corrected chi connectivity index (χ4v) is 4.03. The van der Waals surface area contributed by atoms with Crippen molar-refractivity contribution >= 4 is 29.0 Å². The lowest BCUT2D eigenvalue weighted by molar-refractivity contribution is -0.113. The van der Waals surface area contributed by atoms with Crippen LogP contribution in [0.3, 0.4) is 0 Å². The Morgan fingerprint density at radius 3 is 2.48 bits per heavy atom. The molecule has 1 amide bonds. The topological polar surface area (TPSA) is 32.3 Å². The van der Waals surface area contributed by atoms with Gasteiger partial charge in [0, 0.05) is 30.2 Å². The third-order valence-electron chi connectivity index (χ3n) is 4.62. The summed E-state index contributed by atoms with van der Waals surface area (Å²) in [6.45, 7) is 4.39. The van der Waals surface area contributed by atoms with Gasteiger partial charge < -0.3 is 10.2 Å². The van der Waals surface area contributed by atoms with Crippen LogP contribution in [-0.4, -0.2) is 24.7 Å². The summed E-state index contributed by atoms with van der Waals surface area (Å²) in [7, 11) is 0. The minimum atomic E-state index is 0.0595. The van der Waals surface area contributed by atoms with E-state index in [1.165, 1.54) is 36.1 Å². The van der Waals surface area contributed by atoms with Gasteiger partial charge in [-0.15, -0.1) is 11.8 Å². The second-order valence-electron chi connectivity index (χ2n) is 6.56. The van der Waals surface area contributed by atoms with E-state index in [1.54, 1.807) is 11.8 Å². The van der Waals surface area contributed by atoms with E-state index in [0.717, 1.165) is 24.5 Å². The smallest absolute Gasteiger partial charge is 0.234 e. The second-order valence-corrected chi connectivity index (χ2v) is 7.55. The van der Waals surface area contributed by atoms with Gasteiger partial charge in [-0.3, -0.25) is 4.79 Å². The number of amides is 1. The number of piperidine rings is 1. The summed E-state index contributed by atoms with van der Waals surface area (Å²) in [6, 6.07) is 16.6. The molecule has 1 heterocycles. The molecule has 0 unspecified atom stereocenters. The number of nitrogens with zero attached hydrogens (tertiary/aromatic N) is 1. The fraction of sp³-hybridized carbons (Fsp3) is 0.381. The van der Waals surface area contributed by atoms with Crippen LogP contribution in [0.4, 0.5) is 11.4 Å². The lowest BCUT2D eigenvalue weighted by Gasteiger charge is -2.28. The molecule has 1 fully saturated rings. The third kappa shape index (κ3) is 5.27. The van der Waals surface area contributed by atoms with E-state index in [-0.39, 0.29) is 5.91 Å². The van der Waals surface area contributed by atoms with Gasteiger partial charge >= 0.3 is 0 Å². The second kappa shape index (κ2) is 8.95. The molecule has 0 aromatic heterocycles. The highest BCUT2D eigenvalue weighted by Crippen LogP contribution is 2.22. The number of carbonyl (C=O) groups is 1. The summed E-state index contributed by atoms with van der Waals surface area (Å²) in [6.07, 6.45) is 3.89. The number of aryl methyl sites for hydroxylation is 1. The summed E-state index contributed by atoms with van der Waals surface area (Å²) in [4.78, 5) is 14.6. The van der Waals surface area contributed by atoms with Crippen LogP contribution in [0.25, 0.3) is 0 Å². The fourth-order valence-electron chi connectivity index (χ4n) is 3.13. The maximum Gasteiger partial charge on any atom is 0.234 e. The predicted molar refractivity (Wildman–Crippen MR) is 108 cm³/mol. The molecule has 1 N–H and O–H groups in total. The van der Waals surface area contributed by atoms with Crippen molar-refractivity contribution in [3.63, 3.8) is 0 Å². The molecule has 1 aliphatic rings. The highest BCUT2D eigenvalue weighted by Gasteiger charge is 2.11. The molecule has 2 aromatic rings. The van der Waals surface area contributed by atoms with Crippen LogP contribution in [0.1, 0.15) is 30.4 Å². The Labute approximate surface area is 154 Å². The zero-order valence-electron chi connectivity index (χ0n) is 14.8. The van der Waals surface area contributed by atoms with E-state index in [4.69, 9.17) is 0 Å². The van der Waals surface area contributed by atoms with Crippen molar-refractivity contribution in [3.8, 4) is 0 Å². The van der Waals surface area contributed by atoms with Crippen molar-refractivity contribution in [1.82, 2.24) is 0 Å². The van der Waals surface area contributed by atoms with Crippen LogP contribution in [-0.2, 0) is 10.5 Å². The summed E-state index contributed by atoms with van der Waals surface area (Å²) >= 11 is 1.65. The average Bonchev–Trinajstić information content (AvgIpc) is 2.65. The van der Waals surface area contributed by atoms with E-state index < -0.39 is 0 Å². The monoisotopic (exact) mass is 354 g/mol. The number of carbonyl (C=O) groups excluding carboxylic acids is 1. The first-order valence-electron chi connectivity index (χ1n) is 8.99. The number of nitrogens with one attached hydrogen (secondary N) is 1. The zero-order chi connectivity index (χ0) is 17.5. The maximum absolute atomic E-state index is 12.1. The number of rotatable bonds is 6. The molecule has 0 atom stereocenters. The van der Waals surface area contributed by atoms with E-state index in [9.17, 15) is 4.79 Å². The van der Waals surface area contributed by atoms with Crippen molar-refractivity contribution in [3.05, 3.63) is 59.7 Å². The Morgan fingerprint density at radius 1 is 1.04 bits per heavy atom. The van der Waals surface area contributed by atoms with Crippen LogP contribution in [0.2, 0.25) is 0 Å². The van der Waals surface area contributed by atoms with Gasteiger partial charge in [0.15, 0.2) is 0 Å². The average molecular weight is 355 g/mol. The molecule has 4 heteroatoms. The molecular formula is C21H26N2OS. The SMILES string of the molecule is Cc1ccccc1CSCC(=O)Nc1ccc(N2CCCCC2)cc1. The van der Waals surface area contributed by atoms with E-state index in [0.29, 0.717) is 5.75 Å². The number of thioether (sulfide) groups is 1. The quantitative estimate of drug-likeness (QED) is 0.804. The van der Waals surface area contributed by atoms with Crippen molar-refractivity contribution < 1.29 is 4.79 Å². The Morgan fingerprint density at radius 2 is 1.76 bits per heavy atom. The summed E-state index contributed by atoms with van der Waals surface area (Å²) < 4.78 is 0. The molecule has 1 saturated heterocycles. The number of benzene rings is 2.